The summed E-state index contributed by atoms with van der Waals surface area (Å²) in [6.45, 7) is 6.88. The Morgan fingerprint density at radius 3 is 2.27 bits per heavy atom. The number of benzene rings is 3. The zero-order valence-corrected chi connectivity index (χ0v) is 22.1. The van der Waals surface area contributed by atoms with Crippen molar-refractivity contribution in [2.45, 2.75) is 52.4 Å². The molecule has 0 bridgehead atoms. The van der Waals surface area contributed by atoms with E-state index in [9.17, 15) is 9.59 Å². The van der Waals surface area contributed by atoms with Gasteiger partial charge in [0.1, 0.15) is 0 Å². The fourth-order valence-electron chi connectivity index (χ4n) is 4.79. The Morgan fingerprint density at radius 1 is 0.865 bits per heavy atom. The predicted octanol–water partition coefficient (Wildman–Crippen LogP) is 6.49. The molecule has 1 heterocycles. The van der Waals surface area contributed by atoms with Crippen LogP contribution < -0.4 is 15.5 Å². The van der Waals surface area contributed by atoms with Gasteiger partial charge in [-0.3, -0.25) is 9.59 Å². The molecule has 1 aliphatic heterocycles. The molecule has 4 rings (SSSR count). The van der Waals surface area contributed by atoms with E-state index in [1.54, 1.807) is 0 Å². The van der Waals surface area contributed by atoms with Crippen molar-refractivity contribution < 1.29 is 9.59 Å². The van der Waals surface area contributed by atoms with Gasteiger partial charge in [0.05, 0.1) is 5.56 Å². The molecule has 0 unspecified atom stereocenters. The highest BCUT2D eigenvalue weighted by Gasteiger charge is 2.22. The highest BCUT2D eigenvalue weighted by molar-refractivity contribution is 6.06. The Hall–Kier alpha value is -3.60. The summed E-state index contributed by atoms with van der Waals surface area (Å²) >= 11 is 0. The molecule has 0 spiro atoms. The van der Waals surface area contributed by atoms with E-state index in [1.165, 1.54) is 11.1 Å². The minimum Gasteiger partial charge on any atom is -0.371 e. The summed E-state index contributed by atoms with van der Waals surface area (Å²) in [5.41, 5.74) is 5.21. The predicted molar refractivity (Wildman–Crippen MR) is 153 cm³/mol. The summed E-state index contributed by atoms with van der Waals surface area (Å²) < 4.78 is 0. The third kappa shape index (κ3) is 7.45. The summed E-state index contributed by atoms with van der Waals surface area (Å²) in [5, 5.41) is 6.09. The molecule has 3 aromatic carbocycles. The number of carbonyl (C=O) groups excluding carboxylic acids is 2. The van der Waals surface area contributed by atoms with Crippen molar-refractivity contribution in [2.24, 2.45) is 5.92 Å². The van der Waals surface area contributed by atoms with E-state index in [0.29, 0.717) is 29.3 Å². The van der Waals surface area contributed by atoms with Crippen LogP contribution in [0.3, 0.4) is 0 Å². The molecule has 5 heteroatoms. The van der Waals surface area contributed by atoms with E-state index in [1.807, 2.05) is 60.7 Å². The van der Waals surface area contributed by atoms with Gasteiger partial charge in [-0.15, -0.1) is 0 Å². The maximum absolute atomic E-state index is 13.3. The summed E-state index contributed by atoms with van der Waals surface area (Å²) in [7, 11) is 0. The Labute approximate surface area is 221 Å². The molecule has 1 fully saturated rings. The van der Waals surface area contributed by atoms with Crippen molar-refractivity contribution in [3.8, 4) is 0 Å². The van der Waals surface area contributed by atoms with E-state index in [4.69, 9.17) is 0 Å². The molecule has 0 aliphatic carbocycles. The zero-order valence-electron chi connectivity index (χ0n) is 22.1. The van der Waals surface area contributed by atoms with Crippen LogP contribution in [0.25, 0.3) is 0 Å². The average molecular weight is 498 g/mol. The number of anilines is 2. The molecule has 1 aliphatic rings. The van der Waals surface area contributed by atoms with E-state index in [0.717, 1.165) is 57.3 Å². The minimum absolute atomic E-state index is 0.110. The van der Waals surface area contributed by atoms with Crippen molar-refractivity contribution in [3.05, 3.63) is 95.1 Å². The van der Waals surface area contributed by atoms with Gasteiger partial charge in [-0.2, -0.15) is 0 Å². The lowest BCUT2D eigenvalue weighted by molar-refractivity contribution is 0.0953. The van der Waals surface area contributed by atoms with Crippen LogP contribution in [0.15, 0.2) is 72.8 Å². The molecule has 0 atom stereocenters. The van der Waals surface area contributed by atoms with Crippen LogP contribution in [0.5, 0.6) is 0 Å². The molecule has 37 heavy (non-hydrogen) atoms. The maximum Gasteiger partial charge on any atom is 0.255 e. The summed E-state index contributed by atoms with van der Waals surface area (Å²) in [6, 6.07) is 23.7. The van der Waals surface area contributed by atoms with Crippen molar-refractivity contribution in [1.29, 1.82) is 0 Å². The van der Waals surface area contributed by atoms with Gasteiger partial charge in [0.2, 0.25) is 0 Å². The quantitative estimate of drug-likeness (QED) is 0.337. The van der Waals surface area contributed by atoms with Crippen LogP contribution in [0.1, 0.15) is 71.4 Å². The standard InChI is InChI=1S/C32H39N3O2/c1-3-4-8-26-11-13-27(14-12-26)31(36)34-28-15-16-30(35-21-18-24(2)19-22-35)29(23-28)32(37)33-20-17-25-9-6-5-7-10-25/h5-7,9-16,23-24H,3-4,8,17-22H2,1-2H3,(H,33,37)(H,34,36). The Kier molecular flexibility index (Phi) is 9.36. The first-order chi connectivity index (χ1) is 18.0. The molecular weight excluding hydrogens is 458 g/mol. The molecule has 194 valence electrons. The molecule has 3 aromatic rings. The van der Waals surface area contributed by atoms with Crippen molar-refractivity contribution in [2.75, 3.05) is 29.9 Å². The molecule has 1 saturated heterocycles. The van der Waals surface area contributed by atoms with E-state index in [-0.39, 0.29) is 11.8 Å². The molecule has 0 saturated carbocycles. The van der Waals surface area contributed by atoms with Crippen molar-refractivity contribution >= 4 is 23.2 Å². The molecule has 2 amide bonds. The Morgan fingerprint density at radius 2 is 1.57 bits per heavy atom. The van der Waals surface area contributed by atoms with Gasteiger partial charge in [-0.25, -0.2) is 0 Å². The van der Waals surface area contributed by atoms with Gasteiger partial charge in [0.25, 0.3) is 11.8 Å². The lowest BCUT2D eigenvalue weighted by Gasteiger charge is -2.33. The fourth-order valence-corrected chi connectivity index (χ4v) is 4.79. The SMILES string of the molecule is CCCCc1ccc(C(=O)Nc2ccc(N3CCC(C)CC3)c(C(=O)NCCc3ccccc3)c2)cc1. The van der Waals surface area contributed by atoms with Gasteiger partial charge in [-0.1, -0.05) is 62.7 Å². The number of nitrogens with one attached hydrogen (secondary N) is 2. The van der Waals surface area contributed by atoms with Crippen LogP contribution >= 0.6 is 0 Å². The van der Waals surface area contributed by atoms with Gasteiger partial charge in [0.15, 0.2) is 0 Å². The highest BCUT2D eigenvalue weighted by atomic mass is 16.2. The third-order valence-corrected chi connectivity index (χ3v) is 7.20. The van der Waals surface area contributed by atoms with Gasteiger partial charge < -0.3 is 15.5 Å². The number of rotatable bonds is 10. The molecule has 2 N–H and O–H groups in total. The summed E-state index contributed by atoms with van der Waals surface area (Å²) in [5.74, 6) is 0.421. The van der Waals surface area contributed by atoms with E-state index < -0.39 is 0 Å². The second-order valence-electron chi connectivity index (χ2n) is 10.1. The Balaban J connectivity index is 1.48. The van der Waals surface area contributed by atoms with Crippen molar-refractivity contribution in [1.82, 2.24) is 5.32 Å². The molecule has 0 aromatic heterocycles. The first-order valence-electron chi connectivity index (χ1n) is 13.6. The Bertz CT molecular complexity index is 1170. The molecule has 0 radical (unpaired) electrons. The zero-order chi connectivity index (χ0) is 26.0. The number of unbranched alkanes of at least 4 members (excludes halogenated alkanes) is 1. The van der Waals surface area contributed by atoms with Crippen LogP contribution in [0.4, 0.5) is 11.4 Å². The third-order valence-electron chi connectivity index (χ3n) is 7.20. The number of carbonyl (C=O) groups is 2. The number of amides is 2. The number of hydrogen-bond donors (Lipinski definition) is 2. The maximum atomic E-state index is 13.3. The smallest absolute Gasteiger partial charge is 0.255 e. The number of hydrogen-bond acceptors (Lipinski definition) is 3. The van der Waals surface area contributed by atoms with Crippen LogP contribution in [-0.2, 0) is 12.8 Å². The lowest BCUT2D eigenvalue weighted by atomic mass is 9.97. The second-order valence-corrected chi connectivity index (χ2v) is 10.1. The van der Waals surface area contributed by atoms with E-state index in [2.05, 4.69) is 41.5 Å². The van der Waals surface area contributed by atoms with Gasteiger partial charge >= 0.3 is 0 Å². The van der Waals surface area contributed by atoms with Crippen LogP contribution in [0, 0.1) is 5.92 Å². The summed E-state index contributed by atoms with van der Waals surface area (Å²) in [6.07, 6.45) is 6.32. The summed E-state index contributed by atoms with van der Waals surface area (Å²) in [4.78, 5) is 28.6. The fraction of sp³-hybridized carbons (Fsp3) is 0.375. The lowest BCUT2D eigenvalue weighted by Crippen LogP contribution is -2.35. The second kappa shape index (κ2) is 13.1. The van der Waals surface area contributed by atoms with Crippen LogP contribution in [-0.4, -0.2) is 31.4 Å². The largest absolute Gasteiger partial charge is 0.371 e. The topological polar surface area (TPSA) is 61.4 Å². The normalized spacial score (nSPS) is 13.8. The first-order valence-corrected chi connectivity index (χ1v) is 13.6. The van der Waals surface area contributed by atoms with Gasteiger partial charge in [-0.05, 0) is 79.5 Å². The average Bonchev–Trinajstić information content (AvgIpc) is 2.93. The first kappa shape index (κ1) is 26.5. The molecular formula is C32H39N3O2. The number of nitrogens with zero attached hydrogens (tertiary/aromatic N) is 1. The minimum atomic E-state index is -0.169. The van der Waals surface area contributed by atoms with Gasteiger partial charge in [0, 0.05) is 36.6 Å². The van der Waals surface area contributed by atoms with Crippen LogP contribution in [0.2, 0.25) is 0 Å². The van der Waals surface area contributed by atoms with E-state index >= 15 is 0 Å². The number of aryl methyl sites for hydroxylation is 1. The highest BCUT2D eigenvalue weighted by Crippen LogP contribution is 2.29. The monoisotopic (exact) mass is 497 g/mol. The van der Waals surface area contributed by atoms with Crippen molar-refractivity contribution in [3.63, 3.8) is 0 Å². The number of piperidine rings is 1. The molecule has 5 nitrogen and oxygen atoms in total.